The molecule has 64 heavy (non-hydrogen) atoms. The minimum Gasteiger partial charge on any atom is -0.308 e. The summed E-state index contributed by atoms with van der Waals surface area (Å²) in [6, 6.07) is 54.8. The molecule has 8 aromatic carbocycles. The Morgan fingerprint density at radius 2 is 0.734 bits per heavy atom. The Morgan fingerprint density at radius 3 is 1.19 bits per heavy atom. The van der Waals surface area contributed by atoms with Gasteiger partial charge in [0.25, 0.3) is 0 Å². The molecule has 12 rings (SSSR count). The van der Waals surface area contributed by atoms with E-state index in [0.717, 1.165) is 77.6 Å². The molecule has 0 aliphatic rings. The summed E-state index contributed by atoms with van der Waals surface area (Å²) in [6.45, 7) is 9.27. The van der Waals surface area contributed by atoms with Gasteiger partial charge in [-0.2, -0.15) is 0 Å². The summed E-state index contributed by atoms with van der Waals surface area (Å²) in [7, 11) is 0. The number of pyridine rings is 4. The van der Waals surface area contributed by atoms with E-state index in [1.54, 1.807) is 0 Å². The van der Waals surface area contributed by atoms with Crippen LogP contribution >= 0.6 is 0 Å². The Bertz CT molecular complexity index is 3350. The van der Waals surface area contributed by atoms with Crippen molar-refractivity contribution in [2.45, 2.75) is 39.5 Å². The van der Waals surface area contributed by atoms with Crippen LogP contribution in [0.3, 0.4) is 0 Å². The maximum absolute atomic E-state index is 4.88. The van der Waals surface area contributed by atoms with Gasteiger partial charge in [-0.25, -0.2) is 0 Å². The van der Waals surface area contributed by atoms with Gasteiger partial charge in [-0.1, -0.05) is 131 Å². The van der Waals surface area contributed by atoms with Crippen molar-refractivity contribution in [3.8, 4) is 0 Å². The van der Waals surface area contributed by atoms with Gasteiger partial charge in [-0.3, -0.25) is 19.9 Å². The van der Waals surface area contributed by atoms with Crippen molar-refractivity contribution >= 4 is 110 Å². The highest BCUT2D eigenvalue weighted by molar-refractivity contribution is 6.30. The van der Waals surface area contributed by atoms with Crippen molar-refractivity contribution in [1.82, 2.24) is 19.9 Å². The second-order valence-electron chi connectivity index (χ2n) is 17.4. The van der Waals surface area contributed by atoms with Crippen LogP contribution in [0.25, 0.3) is 75.8 Å². The van der Waals surface area contributed by atoms with Gasteiger partial charge in [0.05, 0.1) is 56.9 Å². The summed E-state index contributed by atoms with van der Waals surface area (Å²) < 4.78 is 0. The van der Waals surface area contributed by atoms with Gasteiger partial charge in [0.1, 0.15) is 0 Å². The van der Waals surface area contributed by atoms with E-state index in [-0.39, 0.29) is 11.8 Å². The molecule has 0 aliphatic carbocycles. The second-order valence-corrected chi connectivity index (χ2v) is 17.4. The lowest BCUT2D eigenvalue weighted by molar-refractivity contribution is 0.875. The standard InChI is InChI=1S/C58H44N6/c1-35(2)46-31-54(63(51-25-28-60-48-18-10-7-15-41(48)51)52-26-29-61-49-19-11-8-16-42(49)52)44-23-21-40-47(36(3)4)32-55(45-24-22-39(46)57(44)58(40)45)64(53-27-30-62-50-20-12-9-17-43(50)53)56-34-59-33-37-13-5-6-14-38(37)56/h5-36H,1-4H3. The van der Waals surface area contributed by atoms with Gasteiger partial charge in [0.2, 0.25) is 0 Å². The molecule has 4 heterocycles. The molecule has 0 aliphatic heterocycles. The Kier molecular flexibility index (Phi) is 8.76. The molecule has 0 bridgehead atoms. The summed E-state index contributed by atoms with van der Waals surface area (Å²) >= 11 is 0. The maximum atomic E-state index is 4.88. The molecule has 0 N–H and O–H groups in total. The molecule has 0 amide bonds. The van der Waals surface area contributed by atoms with Crippen LogP contribution in [0.15, 0.2) is 183 Å². The maximum Gasteiger partial charge on any atom is 0.0723 e. The number of nitrogens with zero attached hydrogens (tertiary/aromatic N) is 6. The molecule has 6 nitrogen and oxygen atoms in total. The summed E-state index contributed by atoms with van der Waals surface area (Å²) in [5.41, 5.74) is 11.8. The van der Waals surface area contributed by atoms with E-state index in [2.05, 4.69) is 189 Å². The predicted molar refractivity (Wildman–Crippen MR) is 269 cm³/mol. The monoisotopic (exact) mass is 824 g/mol. The zero-order valence-corrected chi connectivity index (χ0v) is 36.2. The number of benzene rings is 8. The third kappa shape index (κ3) is 5.79. The number of anilines is 6. The number of hydrogen-bond acceptors (Lipinski definition) is 6. The average molecular weight is 825 g/mol. The average Bonchev–Trinajstić information content (AvgIpc) is 3.34. The Labute approximate surface area is 371 Å². The van der Waals surface area contributed by atoms with Crippen LogP contribution in [0.4, 0.5) is 34.1 Å². The van der Waals surface area contributed by atoms with Gasteiger partial charge in [-0.05, 0) is 93.0 Å². The third-order valence-corrected chi connectivity index (χ3v) is 13.1. The number of para-hydroxylation sites is 3. The Balaban J connectivity index is 1.24. The molecular formula is C58H44N6. The van der Waals surface area contributed by atoms with E-state index in [0.29, 0.717) is 0 Å². The fourth-order valence-corrected chi connectivity index (χ4v) is 10.2. The highest BCUT2D eigenvalue weighted by Crippen LogP contribution is 2.53. The van der Waals surface area contributed by atoms with Crippen LogP contribution in [0.2, 0.25) is 0 Å². The van der Waals surface area contributed by atoms with Crippen LogP contribution in [0.1, 0.15) is 50.7 Å². The number of rotatable bonds is 8. The lowest BCUT2D eigenvalue weighted by Crippen LogP contribution is -2.14. The summed E-state index contributed by atoms with van der Waals surface area (Å²) in [5.74, 6) is 0.468. The molecule has 0 unspecified atom stereocenters. The molecule has 0 radical (unpaired) electrons. The minimum atomic E-state index is 0.233. The third-order valence-electron chi connectivity index (χ3n) is 13.1. The fourth-order valence-electron chi connectivity index (χ4n) is 10.2. The molecule has 4 aromatic heterocycles. The molecule has 6 heteroatoms. The highest BCUT2D eigenvalue weighted by atomic mass is 15.2. The quantitative estimate of drug-likeness (QED) is 0.142. The molecule has 0 atom stereocenters. The Hall–Kier alpha value is -7.96. The smallest absolute Gasteiger partial charge is 0.0723 e. The van der Waals surface area contributed by atoms with Crippen molar-refractivity contribution in [3.05, 3.63) is 194 Å². The summed E-state index contributed by atoms with van der Waals surface area (Å²) in [4.78, 5) is 24.3. The highest BCUT2D eigenvalue weighted by Gasteiger charge is 2.28. The molecule has 0 spiro atoms. The van der Waals surface area contributed by atoms with E-state index in [9.17, 15) is 0 Å². The molecular weight excluding hydrogens is 781 g/mol. The molecule has 0 saturated heterocycles. The van der Waals surface area contributed by atoms with Crippen molar-refractivity contribution in [2.75, 3.05) is 9.80 Å². The molecule has 306 valence electrons. The van der Waals surface area contributed by atoms with Gasteiger partial charge in [0, 0.05) is 62.5 Å². The van der Waals surface area contributed by atoms with Crippen LogP contribution in [-0.2, 0) is 0 Å². The topological polar surface area (TPSA) is 58.0 Å². The zero-order chi connectivity index (χ0) is 43.1. The van der Waals surface area contributed by atoms with E-state index in [1.807, 2.05) is 31.0 Å². The van der Waals surface area contributed by atoms with Crippen molar-refractivity contribution in [3.63, 3.8) is 0 Å². The van der Waals surface area contributed by atoms with Crippen molar-refractivity contribution in [1.29, 1.82) is 0 Å². The number of hydrogen-bond donors (Lipinski definition) is 0. The molecule has 12 aromatic rings. The lowest BCUT2D eigenvalue weighted by Gasteiger charge is -2.32. The molecule has 0 saturated carbocycles. The fraction of sp³-hybridized carbons (Fsp3) is 0.103. The van der Waals surface area contributed by atoms with E-state index < -0.39 is 0 Å². The predicted octanol–water partition coefficient (Wildman–Crippen LogP) is 16.0. The summed E-state index contributed by atoms with van der Waals surface area (Å²) in [5, 5.41) is 12.9. The van der Waals surface area contributed by atoms with E-state index >= 15 is 0 Å². The second kappa shape index (κ2) is 14.8. The van der Waals surface area contributed by atoms with Crippen LogP contribution in [0, 0.1) is 0 Å². The van der Waals surface area contributed by atoms with E-state index in [1.165, 1.54) is 43.4 Å². The molecule has 0 fully saturated rings. The number of aromatic nitrogens is 4. The van der Waals surface area contributed by atoms with Crippen molar-refractivity contribution < 1.29 is 0 Å². The zero-order valence-electron chi connectivity index (χ0n) is 36.2. The minimum absolute atomic E-state index is 0.233. The first kappa shape index (κ1) is 37.8. The first-order chi connectivity index (χ1) is 31.4. The largest absolute Gasteiger partial charge is 0.308 e. The van der Waals surface area contributed by atoms with Gasteiger partial charge >= 0.3 is 0 Å². The normalized spacial score (nSPS) is 12.0. The van der Waals surface area contributed by atoms with Gasteiger partial charge in [-0.15, -0.1) is 0 Å². The first-order valence-corrected chi connectivity index (χ1v) is 22.2. The SMILES string of the molecule is CC(C)c1cc(N(c2cncc3ccccc23)c2ccnc3ccccc23)c2ccc3c(C(C)C)cc(N(c4ccnc5ccccc45)c4ccnc5ccccc45)c4ccc1c2c34. The van der Waals surface area contributed by atoms with Crippen LogP contribution in [0.5, 0.6) is 0 Å². The summed E-state index contributed by atoms with van der Waals surface area (Å²) in [6.07, 6.45) is 9.80. The van der Waals surface area contributed by atoms with Gasteiger partial charge < -0.3 is 9.80 Å². The number of fused-ring (bicyclic) bond motifs is 4. The van der Waals surface area contributed by atoms with E-state index in [4.69, 9.17) is 19.9 Å². The Morgan fingerprint density at radius 1 is 0.344 bits per heavy atom. The van der Waals surface area contributed by atoms with Crippen molar-refractivity contribution in [2.24, 2.45) is 0 Å². The first-order valence-electron chi connectivity index (χ1n) is 22.2. The van der Waals surface area contributed by atoms with Crippen LogP contribution in [-0.4, -0.2) is 19.9 Å². The lowest BCUT2D eigenvalue weighted by atomic mass is 9.84. The van der Waals surface area contributed by atoms with Gasteiger partial charge in [0.15, 0.2) is 0 Å². The van der Waals surface area contributed by atoms with Crippen LogP contribution < -0.4 is 9.80 Å².